The zero-order valence-electron chi connectivity index (χ0n) is 6.21. The molecule has 3 nitrogen and oxygen atoms in total. The van der Waals surface area contributed by atoms with E-state index in [-0.39, 0.29) is 0 Å². The molecule has 4 heteroatoms. The second-order valence-electron chi connectivity index (χ2n) is 2.43. The molecule has 0 saturated heterocycles. The Bertz CT molecular complexity index is 74.7. The van der Waals surface area contributed by atoms with Gasteiger partial charge in [0.05, 0.1) is 20.0 Å². The third-order valence-corrected chi connectivity index (χ3v) is 0. The number of hydrogen-bond acceptors (Lipinski definition) is 3. The van der Waals surface area contributed by atoms with E-state index in [0.717, 1.165) is 6.92 Å². The van der Waals surface area contributed by atoms with Gasteiger partial charge >= 0.3 is 0 Å². The van der Waals surface area contributed by atoms with E-state index in [1.165, 1.54) is 0 Å². The monoisotopic (exact) mass is 152 g/mol. The molecule has 0 radical (unpaired) electrons. The number of carbonyl (C=O) groups is 1. The van der Waals surface area contributed by atoms with Gasteiger partial charge in [-0.3, -0.25) is 4.89 Å². The molecule has 0 unspecified atom stereocenters. The zero-order valence-corrected chi connectivity index (χ0v) is 7.11. The summed E-state index contributed by atoms with van der Waals surface area (Å²) in [7, 11) is -1.39. The Kier molecular flexibility index (Phi) is 6.09. The van der Waals surface area contributed by atoms with Crippen LogP contribution in [0, 0.1) is 0 Å². The minimum Gasteiger partial charge on any atom is -0.550 e. The van der Waals surface area contributed by atoms with Gasteiger partial charge in [0.25, 0.3) is 0 Å². The molecular formula is C5H13O3P. The minimum absolute atomic E-state index is 0.972. The summed E-state index contributed by atoms with van der Waals surface area (Å²) in [6.07, 6.45) is 0. The summed E-state index contributed by atoms with van der Waals surface area (Å²) in [5.41, 5.74) is 0. The van der Waals surface area contributed by atoms with Crippen molar-refractivity contribution in [2.45, 2.75) is 6.92 Å². The molecule has 1 N–H and O–H groups in total. The van der Waals surface area contributed by atoms with E-state index in [1.54, 1.807) is 0 Å². The van der Waals surface area contributed by atoms with Crippen molar-refractivity contribution in [1.29, 1.82) is 0 Å². The number of aliphatic carboxylic acids is 1. The smallest absolute Gasteiger partial charge is 0.133 e. The normalized spacial score (nSPS) is 9.44. The molecule has 0 atom stereocenters. The Labute approximate surface area is 56.1 Å². The molecule has 0 spiro atoms. The van der Waals surface area contributed by atoms with Crippen LogP contribution in [0.1, 0.15) is 6.92 Å². The first-order valence-electron chi connectivity index (χ1n) is 2.45. The average molecular weight is 152 g/mol. The standard InChI is InChI=1S/C3H10OP.C2H4O2/c1-5(2,3)4;1-2(3)4/h4H,1-3H3;1H3,(H,3,4)/q+1;/p-1. The van der Waals surface area contributed by atoms with Gasteiger partial charge in [-0.25, -0.2) is 0 Å². The van der Waals surface area contributed by atoms with Gasteiger partial charge in [0.2, 0.25) is 0 Å². The number of rotatable bonds is 0. The third-order valence-electron chi connectivity index (χ3n) is 0. The Hall–Kier alpha value is -0.140. The molecule has 0 aromatic rings. The first kappa shape index (κ1) is 11.6. The van der Waals surface area contributed by atoms with E-state index in [1.807, 2.05) is 20.0 Å². The lowest BCUT2D eigenvalue weighted by Gasteiger charge is -1.94. The van der Waals surface area contributed by atoms with Crippen molar-refractivity contribution < 1.29 is 14.8 Å². The SMILES string of the molecule is CC(=O)[O-].C[P+](C)(C)O. The van der Waals surface area contributed by atoms with Gasteiger partial charge in [-0.15, -0.1) is 0 Å². The predicted octanol–water partition coefficient (Wildman–Crippen LogP) is -0.443. The summed E-state index contributed by atoms with van der Waals surface area (Å²) in [6.45, 7) is 6.53. The van der Waals surface area contributed by atoms with Gasteiger partial charge in [-0.05, 0) is 6.92 Å². The van der Waals surface area contributed by atoms with Crippen molar-refractivity contribution in [2.24, 2.45) is 0 Å². The fraction of sp³-hybridized carbons (Fsp3) is 0.800. The fourth-order valence-corrected chi connectivity index (χ4v) is 0. The molecule has 0 aromatic carbocycles. The van der Waals surface area contributed by atoms with Crippen LogP contribution in [0.5, 0.6) is 0 Å². The molecular weight excluding hydrogens is 139 g/mol. The van der Waals surface area contributed by atoms with Crippen molar-refractivity contribution in [3.05, 3.63) is 0 Å². The number of carboxylic acids is 1. The largest absolute Gasteiger partial charge is 0.550 e. The topological polar surface area (TPSA) is 60.4 Å². The van der Waals surface area contributed by atoms with Crippen molar-refractivity contribution in [2.75, 3.05) is 20.0 Å². The van der Waals surface area contributed by atoms with Crippen LogP contribution in [-0.4, -0.2) is 30.9 Å². The molecule has 0 rings (SSSR count). The van der Waals surface area contributed by atoms with Crippen LogP contribution in [0.2, 0.25) is 0 Å². The maximum Gasteiger partial charge on any atom is 0.133 e. The first-order chi connectivity index (χ1) is 3.73. The Morgan fingerprint density at radius 3 is 1.44 bits per heavy atom. The van der Waals surface area contributed by atoms with Crippen LogP contribution in [0.3, 0.4) is 0 Å². The highest BCUT2D eigenvalue weighted by atomic mass is 31.2. The van der Waals surface area contributed by atoms with E-state index in [9.17, 15) is 0 Å². The predicted molar refractivity (Wildman–Crippen MR) is 37.6 cm³/mol. The quantitative estimate of drug-likeness (QED) is 0.478. The molecule has 0 heterocycles. The second kappa shape index (κ2) is 4.71. The second-order valence-corrected chi connectivity index (χ2v) is 6.32. The number of carboxylic acid groups (broad SMARTS) is 1. The Morgan fingerprint density at radius 2 is 1.44 bits per heavy atom. The Balaban J connectivity index is 0. The van der Waals surface area contributed by atoms with Gasteiger partial charge < -0.3 is 9.90 Å². The number of carbonyl (C=O) groups excluding carboxylic acids is 1. The minimum atomic E-state index is -1.39. The third kappa shape index (κ3) is 13800. The van der Waals surface area contributed by atoms with Crippen LogP contribution in [0.25, 0.3) is 0 Å². The lowest BCUT2D eigenvalue weighted by atomic mass is 10.9. The zero-order chi connectivity index (χ0) is 8.08. The van der Waals surface area contributed by atoms with Crippen LogP contribution < -0.4 is 5.11 Å². The van der Waals surface area contributed by atoms with E-state index in [4.69, 9.17) is 14.8 Å². The maximum atomic E-state index is 8.89. The van der Waals surface area contributed by atoms with E-state index < -0.39 is 13.5 Å². The number of hydrogen-bond donors (Lipinski definition) is 1. The van der Waals surface area contributed by atoms with Crippen molar-refractivity contribution in [3.63, 3.8) is 0 Å². The molecule has 0 aliphatic heterocycles. The molecule has 9 heavy (non-hydrogen) atoms. The van der Waals surface area contributed by atoms with E-state index in [2.05, 4.69) is 0 Å². The van der Waals surface area contributed by atoms with Gasteiger partial charge in [0.1, 0.15) is 7.49 Å². The van der Waals surface area contributed by atoms with Crippen LogP contribution >= 0.6 is 7.49 Å². The van der Waals surface area contributed by atoms with Crippen molar-refractivity contribution in [3.8, 4) is 0 Å². The summed E-state index contributed by atoms with van der Waals surface area (Å²) >= 11 is 0. The fourth-order valence-electron chi connectivity index (χ4n) is 0. The maximum absolute atomic E-state index is 8.89. The van der Waals surface area contributed by atoms with E-state index in [0.29, 0.717) is 0 Å². The highest BCUT2D eigenvalue weighted by Gasteiger charge is 2.07. The summed E-state index contributed by atoms with van der Waals surface area (Å²) in [5.74, 6) is -1.08. The summed E-state index contributed by atoms with van der Waals surface area (Å²) < 4.78 is 0. The first-order valence-corrected chi connectivity index (χ1v) is 5.53. The highest BCUT2D eigenvalue weighted by Crippen LogP contribution is 2.39. The molecule has 0 saturated carbocycles. The molecule has 0 fully saturated rings. The van der Waals surface area contributed by atoms with Crippen LogP contribution in [0.15, 0.2) is 0 Å². The van der Waals surface area contributed by atoms with Crippen molar-refractivity contribution >= 4 is 13.5 Å². The van der Waals surface area contributed by atoms with Gasteiger partial charge in [-0.2, -0.15) is 0 Å². The molecule has 0 bridgehead atoms. The van der Waals surface area contributed by atoms with Gasteiger partial charge in [0, 0.05) is 5.97 Å². The Morgan fingerprint density at radius 1 is 1.44 bits per heavy atom. The van der Waals surface area contributed by atoms with Crippen LogP contribution in [0.4, 0.5) is 0 Å². The van der Waals surface area contributed by atoms with Gasteiger partial charge in [0.15, 0.2) is 0 Å². The highest BCUT2D eigenvalue weighted by molar-refractivity contribution is 7.68. The van der Waals surface area contributed by atoms with E-state index >= 15 is 0 Å². The average Bonchev–Trinajstić information content (AvgIpc) is 1.19. The summed E-state index contributed by atoms with van der Waals surface area (Å²) in [5, 5.41) is 8.89. The molecule has 0 amide bonds. The van der Waals surface area contributed by atoms with Crippen molar-refractivity contribution in [1.82, 2.24) is 0 Å². The summed E-state index contributed by atoms with van der Waals surface area (Å²) in [6, 6.07) is 0. The summed E-state index contributed by atoms with van der Waals surface area (Å²) in [4.78, 5) is 17.5. The lowest BCUT2D eigenvalue weighted by molar-refractivity contribution is -0.302. The molecule has 0 aliphatic rings. The molecule has 0 aromatic heterocycles. The van der Waals surface area contributed by atoms with Crippen LogP contribution in [-0.2, 0) is 4.79 Å². The molecule has 56 valence electrons. The van der Waals surface area contributed by atoms with Gasteiger partial charge in [-0.1, -0.05) is 0 Å². The molecule has 0 aliphatic carbocycles. The lowest BCUT2D eigenvalue weighted by Crippen LogP contribution is -2.16.